The van der Waals surface area contributed by atoms with Crippen molar-refractivity contribution < 1.29 is 14.4 Å². The van der Waals surface area contributed by atoms with E-state index in [0.717, 1.165) is 31.7 Å². The number of benzene rings is 2. The highest BCUT2D eigenvalue weighted by Gasteiger charge is 2.35. The van der Waals surface area contributed by atoms with Crippen LogP contribution in [0.15, 0.2) is 54.6 Å². The van der Waals surface area contributed by atoms with E-state index in [9.17, 15) is 14.4 Å². The largest absolute Gasteiger partial charge is 0.369 e. The molecule has 2 aromatic rings. The summed E-state index contributed by atoms with van der Waals surface area (Å²) >= 11 is 0. The quantitative estimate of drug-likeness (QED) is 0.698. The number of aryl methyl sites for hydroxylation is 1. The van der Waals surface area contributed by atoms with Crippen LogP contribution >= 0.6 is 0 Å². The summed E-state index contributed by atoms with van der Waals surface area (Å²) in [5, 5.41) is 5.63. The van der Waals surface area contributed by atoms with Crippen molar-refractivity contribution in [2.24, 2.45) is 0 Å². The first-order valence-electron chi connectivity index (χ1n) is 11.5. The molecule has 0 saturated carbocycles. The van der Waals surface area contributed by atoms with Gasteiger partial charge in [-0.15, -0.1) is 0 Å². The first-order chi connectivity index (χ1) is 16.0. The number of hydrogen-bond donors (Lipinski definition) is 2. The molecule has 2 aliphatic heterocycles. The molecule has 0 spiro atoms. The van der Waals surface area contributed by atoms with Gasteiger partial charge in [-0.3, -0.25) is 19.3 Å². The van der Waals surface area contributed by atoms with Gasteiger partial charge >= 0.3 is 0 Å². The highest BCUT2D eigenvalue weighted by molar-refractivity contribution is 5.97. The summed E-state index contributed by atoms with van der Waals surface area (Å²) < 4.78 is 0. The third-order valence-corrected chi connectivity index (χ3v) is 6.18. The Hall–Kier alpha value is -3.39. The van der Waals surface area contributed by atoms with Crippen LogP contribution in [0.3, 0.4) is 0 Å². The summed E-state index contributed by atoms with van der Waals surface area (Å²) in [5.41, 5.74) is 2.91. The number of amides is 3. The summed E-state index contributed by atoms with van der Waals surface area (Å²) in [4.78, 5) is 44.3. The van der Waals surface area contributed by atoms with Gasteiger partial charge in [0.05, 0.1) is 13.0 Å². The number of carbonyl (C=O) groups excluding carboxylic acids is 3. The molecule has 2 aromatic carbocycles. The average Bonchev–Trinajstić information content (AvgIpc) is 2.81. The molecule has 0 aromatic heterocycles. The topological polar surface area (TPSA) is 85.0 Å². The van der Waals surface area contributed by atoms with E-state index < -0.39 is 6.04 Å². The molecule has 8 nitrogen and oxygen atoms in total. The lowest BCUT2D eigenvalue weighted by Gasteiger charge is -2.39. The highest BCUT2D eigenvalue weighted by atomic mass is 16.2. The molecule has 1 unspecified atom stereocenters. The van der Waals surface area contributed by atoms with Gasteiger partial charge in [0.1, 0.15) is 6.04 Å². The SMILES string of the molecule is Cc1cccc(NC(=O)CC2C(=O)NCCN2C(=O)CN2CCN(c3ccccc3)CC2)c1. The number of nitrogens with zero attached hydrogens (tertiary/aromatic N) is 3. The van der Waals surface area contributed by atoms with E-state index in [1.54, 1.807) is 4.90 Å². The molecular formula is C25H31N5O3. The van der Waals surface area contributed by atoms with E-state index >= 15 is 0 Å². The third-order valence-electron chi connectivity index (χ3n) is 6.18. The number of rotatable bonds is 6. The van der Waals surface area contributed by atoms with Gasteiger partial charge in [-0.2, -0.15) is 0 Å². The fourth-order valence-electron chi connectivity index (χ4n) is 4.41. The van der Waals surface area contributed by atoms with Crippen molar-refractivity contribution >= 4 is 29.1 Å². The molecule has 1 atom stereocenters. The summed E-state index contributed by atoms with van der Waals surface area (Å²) in [6.07, 6.45) is -0.0622. The molecule has 2 saturated heterocycles. The van der Waals surface area contributed by atoms with E-state index in [1.165, 1.54) is 5.69 Å². The van der Waals surface area contributed by atoms with Crippen LogP contribution in [0.1, 0.15) is 12.0 Å². The van der Waals surface area contributed by atoms with Crippen molar-refractivity contribution in [1.29, 1.82) is 0 Å². The second kappa shape index (κ2) is 10.5. The minimum absolute atomic E-state index is 0.0622. The number of para-hydroxylation sites is 1. The highest BCUT2D eigenvalue weighted by Crippen LogP contribution is 2.17. The fourth-order valence-corrected chi connectivity index (χ4v) is 4.41. The van der Waals surface area contributed by atoms with E-state index in [1.807, 2.05) is 49.4 Å². The van der Waals surface area contributed by atoms with Gasteiger partial charge < -0.3 is 20.4 Å². The van der Waals surface area contributed by atoms with E-state index in [0.29, 0.717) is 18.8 Å². The van der Waals surface area contributed by atoms with Crippen molar-refractivity contribution in [3.8, 4) is 0 Å². The number of carbonyl (C=O) groups is 3. The normalized spacial score (nSPS) is 19.2. The monoisotopic (exact) mass is 449 g/mol. The lowest BCUT2D eigenvalue weighted by molar-refractivity contribution is -0.145. The predicted molar refractivity (Wildman–Crippen MR) is 128 cm³/mol. The number of piperazine rings is 2. The van der Waals surface area contributed by atoms with Gasteiger partial charge in [0.15, 0.2) is 0 Å². The molecule has 174 valence electrons. The second-order valence-corrected chi connectivity index (χ2v) is 8.61. The molecule has 3 amide bonds. The molecule has 2 heterocycles. The summed E-state index contributed by atoms with van der Waals surface area (Å²) in [6.45, 7) is 6.27. The Morgan fingerprint density at radius 3 is 2.48 bits per heavy atom. The second-order valence-electron chi connectivity index (χ2n) is 8.61. The number of anilines is 2. The molecule has 2 fully saturated rings. The Kier molecular flexibility index (Phi) is 7.24. The van der Waals surface area contributed by atoms with E-state index in [2.05, 4.69) is 32.6 Å². The van der Waals surface area contributed by atoms with Crippen molar-refractivity contribution in [2.75, 3.05) is 56.0 Å². The standard InChI is InChI=1S/C25H31N5O3/c1-19-6-5-7-20(16-19)27-23(31)17-22-25(33)26-10-11-30(22)24(32)18-28-12-14-29(15-13-28)21-8-3-2-4-9-21/h2-9,16,22H,10-15,17-18H2,1H3,(H,26,33)(H,27,31). The minimum Gasteiger partial charge on any atom is -0.369 e. The summed E-state index contributed by atoms with van der Waals surface area (Å²) in [6, 6.07) is 17.0. The van der Waals surface area contributed by atoms with Crippen LogP contribution < -0.4 is 15.5 Å². The first kappa shape index (κ1) is 22.8. The lowest BCUT2D eigenvalue weighted by atomic mass is 10.1. The van der Waals surface area contributed by atoms with Gasteiger partial charge in [0, 0.05) is 50.6 Å². The van der Waals surface area contributed by atoms with Gasteiger partial charge in [-0.05, 0) is 36.8 Å². The maximum absolute atomic E-state index is 13.1. The van der Waals surface area contributed by atoms with Crippen molar-refractivity contribution in [3.05, 3.63) is 60.2 Å². The van der Waals surface area contributed by atoms with Crippen LogP contribution in [-0.2, 0) is 14.4 Å². The zero-order chi connectivity index (χ0) is 23.2. The maximum Gasteiger partial charge on any atom is 0.243 e. The fraction of sp³-hybridized carbons (Fsp3) is 0.400. The Morgan fingerprint density at radius 2 is 1.76 bits per heavy atom. The molecule has 0 bridgehead atoms. The Morgan fingerprint density at radius 1 is 1.00 bits per heavy atom. The maximum atomic E-state index is 13.1. The smallest absolute Gasteiger partial charge is 0.243 e. The lowest BCUT2D eigenvalue weighted by Crippen LogP contribution is -2.60. The third kappa shape index (κ3) is 5.90. The number of nitrogens with one attached hydrogen (secondary N) is 2. The molecule has 2 N–H and O–H groups in total. The Bertz CT molecular complexity index is 989. The van der Waals surface area contributed by atoms with Crippen LogP contribution in [0, 0.1) is 6.92 Å². The average molecular weight is 450 g/mol. The van der Waals surface area contributed by atoms with E-state index in [-0.39, 0.29) is 30.7 Å². The zero-order valence-electron chi connectivity index (χ0n) is 19.0. The van der Waals surface area contributed by atoms with Gasteiger partial charge in [-0.1, -0.05) is 30.3 Å². The predicted octanol–water partition coefficient (Wildman–Crippen LogP) is 1.47. The van der Waals surface area contributed by atoms with Crippen LogP contribution in [0.5, 0.6) is 0 Å². The molecule has 0 radical (unpaired) electrons. The van der Waals surface area contributed by atoms with Crippen molar-refractivity contribution in [1.82, 2.24) is 15.1 Å². The minimum atomic E-state index is -0.790. The van der Waals surface area contributed by atoms with E-state index in [4.69, 9.17) is 0 Å². The van der Waals surface area contributed by atoms with Crippen LogP contribution in [0.2, 0.25) is 0 Å². The van der Waals surface area contributed by atoms with Gasteiger partial charge in [0.25, 0.3) is 0 Å². The molecule has 2 aliphatic rings. The molecule has 33 heavy (non-hydrogen) atoms. The van der Waals surface area contributed by atoms with Crippen molar-refractivity contribution in [2.45, 2.75) is 19.4 Å². The number of hydrogen-bond acceptors (Lipinski definition) is 5. The molecule has 4 rings (SSSR count). The first-order valence-corrected chi connectivity index (χ1v) is 11.5. The molecular weight excluding hydrogens is 418 g/mol. The van der Waals surface area contributed by atoms with Crippen LogP contribution in [0.4, 0.5) is 11.4 Å². The molecule has 0 aliphatic carbocycles. The zero-order valence-corrected chi connectivity index (χ0v) is 19.0. The Balaban J connectivity index is 1.32. The van der Waals surface area contributed by atoms with Crippen LogP contribution in [-0.4, -0.2) is 79.4 Å². The molecule has 8 heteroatoms. The Labute approximate surface area is 194 Å². The van der Waals surface area contributed by atoms with Crippen molar-refractivity contribution in [3.63, 3.8) is 0 Å². The van der Waals surface area contributed by atoms with Crippen LogP contribution in [0.25, 0.3) is 0 Å². The van der Waals surface area contributed by atoms with Gasteiger partial charge in [0.2, 0.25) is 17.7 Å². The summed E-state index contributed by atoms with van der Waals surface area (Å²) in [5.74, 6) is -0.661. The van der Waals surface area contributed by atoms with Gasteiger partial charge in [-0.25, -0.2) is 0 Å². The summed E-state index contributed by atoms with van der Waals surface area (Å²) in [7, 11) is 0.